The fraction of sp³-hybridized carbons (Fsp3) is 0.235. The zero-order chi connectivity index (χ0) is 15.5. The van der Waals surface area contributed by atoms with Crippen LogP contribution in [0.15, 0.2) is 41.8 Å². The van der Waals surface area contributed by atoms with E-state index in [9.17, 15) is 9.90 Å². The van der Waals surface area contributed by atoms with Gasteiger partial charge in [-0.05, 0) is 34.2 Å². The molecule has 0 radical (unpaired) electrons. The van der Waals surface area contributed by atoms with Crippen LogP contribution in [0.2, 0.25) is 0 Å². The first-order valence-electron chi connectivity index (χ1n) is 7.10. The minimum Gasteiger partial charge on any atom is -0.392 e. The third-order valence-corrected chi connectivity index (χ3v) is 4.70. The molecule has 1 aliphatic carbocycles. The Morgan fingerprint density at radius 3 is 3.00 bits per heavy atom. The monoisotopic (exact) mass is 315 g/mol. The summed E-state index contributed by atoms with van der Waals surface area (Å²) in [5, 5.41) is 23.8. The maximum atomic E-state index is 12.1. The number of nitrogens with one attached hydrogen (secondary N) is 1. The van der Waals surface area contributed by atoms with Gasteiger partial charge in [0.05, 0.1) is 18.8 Å². The third kappa shape index (κ3) is 3.11. The summed E-state index contributed by atoms with van der Waals surface area (Å²) < 4.78 is 0. The topological polar surface area (TPSA) is 69.6 Å². The molecule has 0 unspecified atom stereocenters. The largest absolute Gasteiger partial charge is 0.392 e. The summed E-state index contributed by atoms with van der Waals surface area (Å²) in [5.41, 5.74) is 2.90. The van der Waals surface area contributed by atoms with E-state index in [0.717, 1.165) is 21.6 Å². The lowest BCUT2D eigenvalue weighted by molar-refractivity contribution is -0.117. The number of fused-ring (bicyclic) bond motifs is 1. The number of benzene rings is 1. The van der Waals surface area contributed by atoms with Crippen molar-refractivity contribution in [3.63, 3.8) is 0 Å². The highest BCUT2D eigenvalue weighted by Gasteiger charge is 2.31. The molecule has 2 aromatic rings. The molecule has 3 rings (SSSR count). The van der Waals surface area contributed by atoms with E-state index in [4.69, 9.17) is 5.11 Å². The van der Waals surface area contributed by atoms with E-state index in [-0.39, 0.29) is 18.6 Å². The van der Waals surface area contributed by atoms with Gasteiger partial charge in [0.15, 0.2) is 0 Å². The molecule has 4 nitrogen and oxygen atoms in total. The van der Waals surface area contributed by atoms with E-state index >= 15 is 0 Å². The minimum absolute atomic E-state index is 0.00157. The second kappa shape index (κ2) is 6.44. The second-order valence-electron chi connectivity index (χ2n) is 5.31. The van der Waals surface area contributed by atoms with Crippen LogP contribution in [0, 0.1) is 0 Å². The van der Waals surface area contributed by atoms with Crippen molar-refractivity contribution < 1.29 is 15.0 Å². The SMILES string of the molecule is O=C(C=Cc1cc(CO)cs1)N[C@H]1c2ccccc2C[C@@H]1O. The summed E-state index contributed by atoms with van der Waals surface area (Å²) in [7, 11) is 0. The first-order valence-corrected chi connectivity index (χ1v) is 7.98. The van der Waals surface area contributed by atoms with Crippen LogP contribution in [0.1, 0.15) is 27.6 Å². The molecule has 0 aliphatic heterocycles. The van der Waals surface area contributed by atoms with Crippen LogP contribution in [0.4, 0.5) is 0 Å². The van der Waals surface area contributed by atoms with Crippen molar-refractivity contribution in [1.29, 1.82) is 0 Å². The molecule has 1 heterocycles. The summed E-state index contributed by atoms with van der Waals surface area (Å²) in [6, 6.07) is 9.24. The molecule has 1 amide bonds. The number of carbonyl (C=O) groups is 1. The summed E-state index contributed by atoms with van der Waals surface area (Å²) in [6.07, 6.45) is 3.15. The molecule has 0 fully saturated rings. The smallest absolute Gasteiger partial charge is 0.244 e. The van der Waals surface area contributed by atoms with E-state index in [1.54, 1.807) is 6.08 Å². The molecule has 1 aromatic heterocycles. The summed E-state index contributed by atoms with van der Waals surface area (Å²) in [4.78, 5) is 13.0. The predicted molar refractivity (Wildman–Crippen MR) is 86.3 cm³/mol. The van der Waals surface area contributed by atoms with Crippen molar-refractivity contribution in [2.24, 2.45) is 0 Å². The normalized spacial score (nSPS) is 20.3. The van der Waals surface area contributed by atoms with Crippen LogP contribution in [-0.2, 0) is 17.8 Å². The van der Waals surface area contributed by atoms with Crippen molar-refractivity contribution in [2.75, 3.05) is 0 Å². The van der Waals surface area contributed by atoms with Gasteiger partial charge in [0, 0.05) is 17.4 Å². The van der Waals surface area contributed by atoms with Crippen LogP contribution in [0.5, 0.6) is 0 Å². The molecule has 0 bridgehead atoms. The number of rotatable bonds is 4. The Kier molecular flexibility index (Phi) is 4.38. The first-order chi connectivity index (χ1) is 10.7. The van der Waals surface area contributed by atoms with Gasteiger partial charge in [0.25, 0.3) is 0 Å². The fourth-order valence-corrected chi connectivity index (χ4v) is 3.47. The second-order valence-corrected chi connectivity index (χ2v) is 6.25. The molecular weight excluding hydrogens is 298 g/mol. The van der Waals surface area contributed by atoms with Crippen LogP contribution in [0.3, 0.4) is 0 Å². The molecule has 1 aromatic carbocycles. The van der Waals surface area contributed by atoms with Crippen molar-refractivity contribution >= 4 is 23.3 Å². The molecule has 0 saturated carbocycles. The Morgan fingerprint density at radius 2 is 2.23 bits per heavy atom. The van der Waals surface area contributed by atoms with Crippen molar-refractivity contribution in [3.05, 3.63) is 63.4 Å². The van der Waals surface area contributed by atoms with Crippen molar-refractivity contribution in [1.82, 2.24) is 5.32 Å². The van der Waals surface area contributed by atoms with E-state index in [0.29, 0.717) is 6.42 Å². The van der Waals surface area contributed by atoms with E-state index in [2.05, 4.69) is 5.32 Å². The molecule has 5 heteroatoms. The van der Waals surface area contributed by atoms with Gasteiger partial charge in [-0.2, -0.15) is 0 Å². The molecule has 0 spiro atoms. The van der Waals surface area contributed by atoms with Gasteiger partial charge in [0.1, 0.15) is 0 Å². The Morgan fingerprint density at radius 1 is 1.41 bits per heavy atom. The molecule has 22 heavy (non-hydrogen) atoms. The minimum atomic E-state index is -0.586. The Labute approximate surface area is 132 Å². The van der Waals surface area contributed by atoms with Gasteiger partial charge < -0.3 is 15.5 Å². The highest BCUT2D eigenvalue weighted by molar-refractivity contribution is 7.11. The van der Waals surface area contributed by atoms with Crippen LogP contribution in [-0.4, -0.2) is 22.2 Å². The number of aliphatic hydroxyl groups is 2. The summed E-state index contributed by atoms with van der Waals surface area (Å²) in [6.45, 7) is 0.00157. The maximum absolute atomic E-state index is 12.1. The lowest BCUT2D eigenvalue weighted by Crippen LogP contribution is -2.32. The molecule has 114 valence electrons. The van der Waals surface area contributed by atoms with Gasteiger partial charge in [-0.25, -0.2) is 0 Å². The quantitative estimate of drug-likeness (QED) is 0.756. The predicted octanol–water partition coefficient (Wildman–Crippen LogP) is 2.03. The zero-order valence-electron chi connectivity index (χ0n) is 11.9. The molecule has 2 atom stereocenters. The Hall–Kier alpha value is -1.95. The Bertz CT molecular complexity index is 707. The number of hydrogen-bond acceptors (Lipinski definition) is 4. The highest BCUT2D eigenvalue weighted by atomic mass is 32.1. The standard InChI is InChI=1S/C17H17NO3S/c19-9-11-7-13(22-10-11)5-6-16(21)18-17-14-4-2-1-3-12(14)8-15(17)20/h1-7,10,15,17,19-20H,8-9H2,(H,18,21)/t15-,17-/m0/s1. The average Bonchev–Trinajstić information content (AvgIpc) is 3.10. The zero-order valence-corrected chi connectivity index (χ0v) is 12.7. The Balaban J connectivity index is 1.67. The van der Waals surface area contributed by atoms with Crippen molar-refractivity contribution in [2.45, 2.75) is 25.2 Å². The molecule has 1 aliphatic rings. The molecule has 0 saturated heterocycles. The van der Waals surface area contributed by atoms with Gasteiger partial charge in [0.2, 0.25) is 5.91 Å². The number of aliphatic hydroxyl groups excluding tert-OH is 2. The van der Waals surface area contributed by atoms with E-state index in [1.807, 2.05) is 35.7 Å². The summed E-state index contributed by atoms with van der Waals surface area (Å²) in [5.74, 6) is -0.236. The summed E-state index contributed by atoms with van der Waals surface area (Å²) >= 11 is 1.47. The van der Waals surface area contributed by atoms with Gasteiger partial charge in [-0.1, -0.05) is 24.3 Å². The van der Waals surface area contributed by atoms with Gasteiger partial charge in [-0.15, -0.1) is 11.3 Å². The lowest BCUT2D eigenvalue weighted by atomic mass is 10.1. The van der Waals surface area contributed by atoms with Crippen LogP contribution >= 0.6 is 11.3 Å². The van der Waals surface area contributed by atoms with Crippen LogP contribution < -0.4 is 5.32 Å². The molecule has 3 N–H and O–H groups in total. The van der Waals surface area contributed by atoms with Gasteiger partial charge >= 0.3 is 0 Å². The average molecular weight is 315 g/mol. The van der Waals surface area contributed by atoms with E-state index < -0.39 is 6.10 Å². The fourth-order valence-electron chi connectivity index (χ4n) is 2.67. The third-order valence-electron chi connectivity index (χ3n) is 3.76. The van der Waals surface area contributed by atoms with Gasteiger partial charge in [-0.3, -0.25) is 4.79 Å². The number of amides is 1. The molecular formula is C17H17NO3S. The lowest BCUT2D eigenvalue weighted by Gasteiger charge is -2.16. The van der Waals surface area contributed by atoms with Crippen molar-refractivity contribution in [3.8, 4) is 0 Å². The number of carbonyl (C=O) groups excluding carboxylic acids is 1. The highest BCUT2D eigenvalue weighted by Crippen LogP contribution is 2.31. The number of hydrogen-bond donors (Lipinski definition) is 3. The van der Waals surface area contributed by atoms with E-state index in [1.165, 1.54) is 17.4 Å². The number of thiophene rings is 1. The van der Waals surface area contributed by atoms with Crippen LogP contribution in [0.25, 0.3) is 6.08 Å². The first kappa shape index (κ1) is 15.0. The maximum Gasteiger partial charge on any atom is 0.244 e.